The molecule has 0 unspecified atom stereocenters. The number of benzene rings is 2. The first-order valence-electron chi connectivity index (χ1n) is 7.39. The molecule has 1 aliphatic rings. The van der Waals surface area contributed by atoms with Crippen LogP contribution in [0.3, 0.4) is 0 Å². The van der Waals surface area contributed by atoms with Crippen LogP contribution in [0, 0.1) is 0 Å². The van der Waals surface area contributed by atoms with Gasteiger partial charge in [-0.2, -0.15) is 8.78 Å². The van der Waals surface area contributed by atoms with Gasteiger partial charge in [0.1, 0.15) is 0 Å². The van der Waals surface area contributed by atoms with Crippen LogP contribution in [0.1, 0.15) is 11.1 Å². The first-order valence-corrected chi connectivity index (χ1v) is 7.76. The Morgan fingerprint density at radius 1 is 1.19 bits per heavy atom. The SMILES string of the molecule is COc1cccc(/C=C2\N=C(c3ccccc3Cl)OC2=O)c1OC(F)F. The van der Waals surface area contributed by atoms with Gasteiger partial charge in [0.2, 0.25) is 5.90 Å². The van der Waals surface area contributed by atoms with Gasteiger partial charge in [0, 0.05) is 5.56 Å². The average molecular weight is 380 g/mol. The van der Waals surface area contributed by atoms with E-state index < -0.39 is 12.6 Å². The number of carbonyl (C=O) groups excluding carboxylic acids is 1. The van der Waals surface area contributed by atoms with Crippen molar-refractivity contribution >= 4 is 29.5 Å². The number of para-hydroxylation sites is 1. The van der Waals surface area contributed by atoms with Crippen LogP contribution in [-0.4, -0.2) is 25.6 Å². The van der Waals surface area contributed by atoms with Crippen LogP contribution in [-0.2, 0) is 9.53 Å². The van der Waals surface area contributed by atoms with Crippen LogP contribution in [0.5, 0.6) is 11.5 Å². The smallest absolute Gasteiger partial charge is 0.387 e. The maximum absolute atomic E-state index is 12.7. The van der Waals surface area contributed by atoms with E-state index in [0.29, 0.717) is 10.6 Å². The van der Waals surface area contributed by atoms with E-state index in [-0.39, 0.29) is 28.7 Å². The van der Waals surface area contributed by atoms with Crippen molar-refractivity contribution < 1.29 is 27.8 Å². The van der Waals surface area contributed by atoms with Crippen LogP contribution in [0.4, 0.5) is 8.78 Å². The first-order chi connectivity index (χ1) is 12.5. The molecule has 0 atom stereocenters. The van der Waals surface area contributed by atoms with Gasteiger partial charge >= 0.3 is 12.6 Å². The van der Waals surface area contributed by atoms with Gasteiger partial charge in [-0.15, -0.1) is 0 Å². The topological polar surface area (TPSA) is 57.1 Å². The minimum atomic E-state index is -3.05. The lowest BCUT2D eigenvalue weighted by atomic mass is 10.1. The molecule has 2 aromatic carbocycles. The van der Waals surface area contributed by atoms with Crippen molar-refractivity contribution in [3.63, 3.8) is 0 Å². The van der Waals surface area contributed by atoms with Crippen molar-refractivity contribution in [1.82, 2.24) is 0 Å². The number of esters is 1. The third-order valence-electron chi connectivity index (χ3n) is 3.45. The summed E-state index contributed by atoms with van der Waals surface area (Å²) in [5.74, 6) is -0.801. The molecule has 0 bridgehead atoms. The zero-order chi connectivity index (χ0) is 18.7. The van der Waals surface area contributed by atoms with E-state index in [1.165, 1.54) is 25.3 Å². The third-order valence-corrected chi connectivity index (χ3v) is 3.78. The van der Waals surface area contributed by atoms with Gasteiger partial charge in [-0.1, -0.05) is 35.9 Å². The lowest BCUT2D eigenvalue weighted by Crippen LogP contribution is -2.06. The molecule has 2 aromatic rings. The lowest BCUT2D eigenvalue weighted by molar-refractivity contribution is -0.129. The first kappa shape index (κ1) is 17.9. The summed E-state index contributed by atoms with van der Waals surface area (Å²) >= 11 is 6.07. The van der Waals surface area contributed by atoms with Gasteiger partial charge in [0.15, 0.2) is 17.2 Å². The van der Waals surface area contributed by atoms with E-state index in [9.17, 15) is 13.6 Å². The molecule has 5 nitrogen and oxygen atoms in total. The second-order valence-corrected chi connectivity index (χ2v) is 5.48. The summed E-state index contributed by atoms with van der Waals surface area (Å²) in [6.45, 7) is -3.05. The summed E-state index contributed by atoms with van der Waals surface area (Å²) < 4.78 is 40.1. The van der Waals surface area contributed by atoms with Crippen LogP contribution < -0.4 is 9.47 Å². The molecule has 1 heterocycles. The van der Waals surface area contributed by atoms with E-state index >= 15 is 0 Å². The molecule has 0 spiro atoms. The Bertz CT molecular complexity index is 912. The maximum Gasteiger partial charge on any atom is 0.387 e. The largest absolute Gasteiger partial charge is 0.493 e. The second-order valence-electron chi connectivity index (χ2n) is 5.07. The number of cyclic esters (lactones) is 1. The van der Waals surface area contributed by atoms with Crippen molar-refractivity contribution in [2.75, 3.05) is 7.11 Å². The highest BCUT2D eigenvalue weighted by Gasteiger charge is 2.26. The van der Waals surface area contributed by atoms with Crippen LogP contribution >= 0.6 is 11.6 Å². The summed E-state index contributed by atoms with van der Waals surface area (Å²) in [6.07, 6.45) is 1.28. The monoisotopic (exact) mass is 379 g/mol. The number of carbonyl (C=O) groups is 1. The molecule has 0 saturated carbocycles. The number of ether oxygens (including phenoxy) is 3. The van der Waals surface area contributed by atoms with Crippen molar-refractivity contribution in [2.24, 2.45) is 4.99 Å². The Kier molecular flexibility index (Phi) is 5.18. The van der Waals surface area contributed by atoms with Gasteiger partial charge < -0.3 is 14.2 Å². The molecule has 134 valence electrons. The molecule has 0 fully saturated rings. The normalized spacial score (nSPS) is 15.2. The van der Waals surface area contributed by atoms with Crippen LogP contribution in [0.25, 0.3) is 6.08 Å². The fourth-order valence-electron chi connectivity index (χ4n) is 2.33. The van der Waals surface area contributed by atoms with E-state index in [1.807, 2.05) is 0 Å². The van der Waals surface area contributed by atoms with E-state index in [2.05, 4.69) is 9.73 Å². The summed E-state index contributed by atoms with van der Waals surface area (Å²) in [6, 6.07) is 11.2. The van der Waals surface area contributed by atoms with E-state index in [4.69, 9.17) is 21.1 Å². The highest BCUT2D eigenvalue weighted by atomic mass is 35.5. The highest BCUT2D eigenvalue weighted by molar-refractivity contribution is 6.34. The summed E-state index contributed by atoms with van der Waals surface area (Å²) in [5.41, 5.74) is 0.564. The fourth-order valence-corrected chi connectivity index (χ4v) is 2.55. The zero-order valence-corrected chi connectivity index (χ0v) is 14.2. The number of halogens is 3. The number of rotatable bonds is 5. The van der Waals surface area contributed by atoms with Gasteiger partial charge in [-0.25, -0.2) is 9.79 Å². The second kappa shape index (κ2) is 7.53. The molecule has 0 saturated heterocycles. The molecule has 3 rings (SSSR count). The number of aliphatic imine (C=N–C) groups is 1. The highest BCUT2D eigenvalue weighted by Crippen LogP contribution is 2.34. The van der Waals surface area contributed by atoms with Crippen molar-refractivity contribution in [3.8, 4) is 11.5 Å². The summed E-state index contributed by atoms with van der Waals surface area (Å²) in [5, 5.41) is 0.364. The number of alkyl halides is 2. The molecule has 0 N–H and O–H groups in total. The van der Waals surface area contributed by atoms with Crippen molar-refractivity contribution in [1.29, 1.82) is 0 Å². The van der Waals surface area contributed by atoms with Gasteiger partial charge in [-0.05, 0) is 24.3 Å². The Hall–Kier alpha value is -2.93. The number of nitrogens with zero attached hydrogens (tertiary/aromatic N) is 1. The van der Waals surface area contributed by atoms with Crippen molar-refractivity contribution in [3.05, 3.63) is 64.3 Å². The summed E-state index contributed by atoms with van der Waals surface area (Å²) in [4.78, 5) is 16.2. The fraction of sp³-hybridized carbons (Fsp3) is 0.111. The lowest BCUT2D eigenvalue weighted by Gasteiger charge is -2.12. The molecule has 0 amide bonds. The number of hydrogen-bond donors (Lipinski definition) is 0. The summed E-state index contributed by atoms with van der Waals surface area (Å²) in [7, 11) is 1.32. The van der Waals surface area contributed by atoms with Gasteiger partial charge in [-0.3, -0.25) is 0 Å². The number of methoxy groups -OCH3 is 1. The molecule has 26 heavy (non-hydrogen) atoms. The van der Waals surface area contributed by atoms with Crippen LogP contribution in [0.15, 0.2) is 53.2 Å². The maximum atomic E-state index is 12.7. The Morgan fingerprint density at radius 2 is 1.96 bits per heavy atom. The van der Waals surface area contributed by atoms with Gasteiger partial charge in [0.05, 0.1) is 17.7 Å². The van der Waals surface area contributed by atoms with Crippen LogP contribution in [0.2, 0.25) is 5.02 Å². The molecule has 0 aliphatic carbocycles. The average Bonchev–Trinajstić information content (AvgIpc) is 2.97. The molecular formula is C18H12ClF2NO4. The van der Waals surface area contributed by atoms with Gasteiger partial charge in [0.25, 0.3) is 0 Å². The molecular weight excluding hydrogens is 368 g/mol. The quantitative estimate of drug-likeness (QED) is 0.574. The predicted octanol–water partition coefficient (Wildman–Crippen LogP) is 4.29. The molecule has 8 heteroatoms. The van der Waals surface area contributed by atoms with E-state index in [0.717, 1.165) is 0 Å². The standard InChI is InChI=1S/C18H12ClF2NO4/c1-24-14-8-4-5-10(15(14)25-18(20)21)9-13-17(23)26-16(22-13)11-6-2-3-7-12(11)19/h2-9,18H,1H3/b13-9-. The molecule has 0 aromatic heterocycles. The Labute approximate surface area is 152 Å². The molecule has 0 radical (unpaired) electrons. The minimum Gasteiger partial charge on any atom is -0.493 e. The van der Waals surface area contributed by atoms with Crippen molar-refractivity contribution in [2.45, 2.75) is 6.61 Å². The Morgan fingerprint density at radius 3 is 2.65 bits per heavy atom. The zero-order valence-electron chi connectivity index (χ0n) is 13.4. The predicted molar refractivity (Wildman–Crippen MR) is 91.7 cm³/mol. The Balaban J connectivity index is 2.02. The molecule has 1 aliphatic heterocycles. The minimum absolute atomic E-state index is 0.0334. The van der Waals surface area contributed by atoms with E-state index in [1.54, 1.807) is 30.3 Å². The number of hydrogen-bond acceptors (Lipinski definition) is 5. The third kappa shape index (κ3) is 3.67.